The lowest BCUT2D eigenvalue weighted by atomic mass is 10.1. The highest BCUT2D eigenvalue weighted by Crippen LogP contribution is 2.30. The van der Waals surface area contributed by atoms with E-state index in [2.05, 4.69) is 57.1 Å². The van der Waals surface area contributed by atoms with Crippen molar-refractivity contribution in [2.75, 3.05) is 31.2 Å². The predicted molar refractivity (Wildman–Crippen MR) is 119 cm³/mol. The maximum atomic E-state index is 5.54. The van der Waals surface area contributed by atoms with Crippen molar-refractivity contribution in [3.05, 3.63) is 66.1 Å². The summed E-state index contributed by atoms with van der Waals surface area (Å²) in [6, 6.07) is 14.5. The number of hydrogen-bond donors (Lipinski definition) is 0. The number of hydrogen-bond acceptors (Lipinski definition) is 6. The van der Waals surface area contributed by atoms with Crippen molar-refractivity contribution in [2.45, 2.75) is 24.3 Å². The lowest BCUT2D eigenvalue weighted by Gasteiger charge is -2.28. The van der Waals surface area contributed by atoms with Gasteiger partial charge in [0.1, 0.15) is 5.65 Å². The van der Waals surface area contributed by atoms with Gasteiger partial charge in [0.05, 0.1) is 24.6 Å². The van der Waals surface area contributed by atoms with Crippen LogP contribution in [0.4, 0.5) is 5.95 Å². The minimum atomic E-state index is 0.714. The molecular weight excluding hydrogens is 396 g/mol. The van der Waals surface area contributed by atoms with Crippen LogP contribution >= 0.6 is 11.8 Å². The Labute approximate surface area is 179 Å². The summed E-state index contributed by atoms with van der Waals surface area (Å²) in [7, 11) is 0. The normalized spacial score (nSPS) is 14.5. The average Bonchev–Trinajstić information content (AvgIpc) is 3.42. The van der Waals surface area contributed by atoms with E-state index in [4.69, 9.17) is 9.72 Å². The molecule has 0 unspecified atom stereocenters. The maximum absolute atomic E-state index is 5.54. The van der Waals surface area contributed by atoms with Crippen LogP contribution in [-0.2, 0) is 16.9 Å². The average molecular weight is 421 g/mol. The summed E-state index contributed by atoms with van der Waals surface area (Å²) in [5.41, 5.74) is 4.41. The molecule has 0 saturated carbocycles. The third kappa shape index (κ3) is 3.68. The SMILES string of the molecule is CCc1ccccc1-n1c(SCc2cn3ccccc3n2)nnc1N1CCOCC1. The van der Waals surface area contributed by atoms with Crippen LogP contribution in [-0.4, -0.2) is 50.5 Å². The number of anilines is 1. The van der Waals surface area contributed by atoms with Crippen LogP contribution in [0, 0.1) is 0 Å². The fourth-order valence-electron chi connectivity index (χ4n) is 3.76. The van der Waals surface area contributed by atoms with E-state index in [0.29, 0.717) is 13.2 Å². The summed E-state index contributed by atoms with van der Waals surface area (Å²) >= 11 is 1.67. The number of fused-ring (bicyclic) bond motifs is 1. The number of ether oxygens (including phenoxy) is 1. The Bertz CT molecular complexity index is 1110. The van der Waals surface area contributed by atoms with Crippen molar-refractivity contribution < 1.29 is 4.74 Å². The molecule has 8 heteroatoms. The molecule has 0 aliphatic carbocycles. The standard InChI is InChI=1S/C22H24N6OS/c1-2-17-7-3-4-8-19(17)28-21(26-11-13-29-14-12-26)24-25-22(28)30-16-18-15-27-10-6-5-9-20(27)23-18/h3-10,15H,2,11-14,16H2,1H3. The van der Waals surface area contributed by atoms with E-state index >= 15 is 0 Å². The first-order chi connectivity index (χ1) is 14.8. The molecule has 5 rings (SSSR count). The number of para-hydroxylation sites is 1. The molecule has 1 aliphatic heterocycles. The second kappa shape index (κ2) is 8.49. The summed E-state index contributed by atoms with van der Waals surface area (Å²) in [6.07, 6.45) is 5.05. The van der Waals surface area contributed by atoms with E-state index in [-0.39, 0.29) is 0 Å². The van der Waals surface area contributed by atoms with Crippen molar-refractivity contribution in [3.63, 3.8) is 0 Å². The smallest absolute Gasteiger partial charge is 0.232 e. The van der Waals surface area contributed by atoms with E-state index in [9.17, 15) is 0 Å². The van der Waals surface area contributed by atoms with Gasteiger partial charge in [-0.05, 0) is 30.2 Å². The van der Waals surface area contributed by atoms with Gasteiger partial charge in [-0.15, -0.1) is 10.2 Å². The second-order valence-electron chi connectivity index (χ2n) is 7.19. The molecule has 1 saturated heterocycles. The van der Waals surface area contributed by atoms with Gasteiger partial charge < -0.3 is 14.0 Å². The summed E-state index contributed by atoms with van der Waals surface area (Å²) in [4.78, 5) is 6.98. The minimum Gasteiger partial charge on any atom is -0.378 e. The number of imidazole rings is 1. The second-order valence-corrected chi connectivity index (χ2v) is 8.13. The number of rotatable bonds is 6. The van der Waals surface area contributed by atoms with E-state index in [1.807, 2.05) is 28.8 Å². The molecule has 0 radical (unpaired) electrons. The monoisotopic (exact) mass is 420 g/mol. The van der Waals surface area contributed by atoms with E-state index in [0.717, 1.165) is 53.4 Å². The molecule has 0 N–H and O–H groups in total. The highest BCUT2D eigenvalue weighted by molar-refractivity contribution is 7.98. The zero-order valence-corrected chi connectivity index (χ0v) is 17.8. The van der Waals surface area contributed by atoms with Crippen LogP contribution < -0.4 is 4.90 Å². The Morgan fingerprint density at radius 1 is 1.03 bits per heavy atom. The Kier molecular flexibility index (Phi) is 5.42. The van der Waals surface area contributed by atoms with Crippen LogP contribution in [0.3, 0.4) is 0 Å². The van der Waals surface area contributed by atoms with Gasteiger partial charge >= 0.3 is 0 Å². The number of pyridine rings is 1. The molecule has 1 aliphatic rings. The van der Waals surface area contributed by atoms with Crippen molar-refractivity contribution in [2.24, 2.45) is 0 Å². The third-order valence-corrected chi connectivity index (χ3v) is 6.25. The Morgan fingerprint density at radius 2 is 1.87 bits per heavy atom. The first-order valence-corrected chi connectivity index (χ1v) is 11.2. The van der Waals surface area contributed by atoms with Gasteiger partial charge in [-0.2, -0.15) is 0 Å². The Balaban J connectivity index is 1.50. The van der Waals surface area contributed by atoms with E-state index in [1.165, 1.54) is 5.56 Å². The molecule has 0 bridgehead atoms. The van der Waals surface area contributed by atoms with Crippen LogP contribution in [0.5, 0.6) is 0 Å². The molecule has 3 aromatic heterocycles. The van der Waals surface area contributed by atoms with Crippen molar-refractivity contribution in [3.8, 4) is 5.69 Å². The molecule has 1 fully saturated rings. The number of benzene rings is 1. The highest BCUT2D eigenvalue weighted by Gasteiger charge is 2.23. The number of aryl methyl sites for hydroxylation is 1. The van der Waals surface area contributed by atoms with Crippen LogP contribution in [0.15, 0.2) is 60.0 Å². The number of morpholine rings is 1. The molecule has 7 nitrogen and oxygen atoms in total. The fraction of sp³-hybridized carbons (Fsp3) is 0.318. The molecule has 154 valence electrons. The van der Waals surface area contributed by atoms with Crippen molar-refractivity contribution in [1.82, 2.24) is 24.1 Å². The van der Waals surface area contributed by atoms with Gasteiger partial charge in [0.25, 0.3) is 0 Å². The Morgan fingerprint density at radius 3 is 2.70 bits per heavy atom. The van der Waals surface area contributed by atoms with E-state index < -0.39 is 0 Å². The third-order valence-electron chi connectivity index (χ3n) is 5.29. The molecule has 0 atom stereocenters. The van der Waals surface area contributed by atoms with Gasteiger partial charge in [0.15, 0.2) is 5.16 Å². The fourth-order valence-corrected chi connectivity index (χ4v) is 4.58. The van der Waals surface area contributed by atoms with Crippen molar-refractivity contribution in [1.29, 1.82) is 0 Å². The lowest BCUT2D eigenvalue weighted by Crippen LogP contribution is -2.38. The molecule has 4 heterocycles. The first-order valence-electron chi connectivity index (χ1n) is 10.3. The molecule has 0 amide bonds. The highest BCUT2D eigenvalue weighted by atomic mass is 32.2. The summed E-state index contributed by atoms with van der Waals surface area (Å²) in [6.45, 7) is 5.26. The van der Waals surface area contributed by atoms with Gasteiger partial charge in [0.2, 0.25) is 5.95 Å². The summed E-state index contributed by atoms with van der Waals surface area (Å²) in [5, 5.41) is 10.0. The van der Waals surface area contributed by atoms with Crippen LogP contribution in [0.2, 0.25) is 0 Å². The molecule has 30 heavy (non-hydrogen) atoms. The number of aromatic nitrogens is 5. The van der Waals surface area contributed by atoms with Gasteiger partial charge in [0, 0.05) is 31.2 Å². The predicted octanol–water partition coefficient (Wildman–Crippen LogP) is 3.61. The number of nitrogens with zero attached hydrogens (tertiary/aromatic N) is 6. The topological polar surface area (TPSA) is 60.5 Å². The minimum absolute atomic E-state index is 0.714. The summed E-state index contributed by atoms with van der Waals surface area (Å²) < 4.78 is 9.78. The zero-order valence-electron chi connectivity index (χ0n) is 16.9. The maximum Gasteiger partial charge on any atom is 0.232 e. The van der Waals surface area contributed by atoms with Crippen LogP contribution in [0.25, 0.3) is 11.3 Å². The zero-order chi connectivity index (χ0) is 20.3. The molecule has 4 aromatic rings. The Hall–Kier alpha value is -2.84. The van der Waals surface area contributed by atoms with Gasteiger partial charge in [-0.3, -0.25) is 4.57 Å². The lowest BCUT2D eigenvalue weighted by molar-refractivity contribution is 0.122. The summed E-state index contributed by atoms with van der Waals surface area (Å²) in [5.74, 6) is 1.62. The quantitative estimate of drug-likeness (QED) is 0.444. The molecule has 0 spiro atoms. The first kappa shape index (κ1) is 19.1. The number of thioether (sulfide) groups is 1. The molecular formula is C22H24N6OS. The van der Waals surface area contributed by atoms with Crippen molar-refractivity contribution >= 4 is 23.4 Å². The van der Waals surface area contributed by atoms with Gasteiger partial charge in [-0.1, -0.05) is 43.0 Å². The largest absolute Gasteiger partial charge is 0.378 e. The van der Waals surface area contributed by atoms with E-state index in [1.54, 1.807) is 11.8 Å². The van der Waals surface area contributed by atoms with Gasteiger partial charge in [-0.25, -0.2) is 4.98 Å². The molecule has 1 aromatic carbocycles. The van der Waals surface area contributed by atoms with Crippen LogP contribution in [0.1, 0.15) is 18.2 Å².